The number of hydrogen-bond acceptors (Lipinski definition) is 3. The maximum absolute atomic E-state index is 13.0. The molecule has 0 atom stereocenters. The van der Waals surface area contributed by atoms with Gasteiger partial charge in [0.15, 0.2) is 0 Å². The van der Waals surface area contributed by atoms with Crippen molar-refractivity contribution in [3.8, 4) is 95.4 Å². The van der Waals surface area contributed by atoms with Gasteiger partial charge in [-0.1, -0.05) is 284 Å². The van der Waals surface area contributed by atoms with Crippen LogP contribution in [-0.2, 0) is 48.1 Å². The molecule has 0 aliphatic rings. The second kappa shape index (κ2) is 24.3. The Balaban J connectivity index is 0.00000833. The van der Waals surface area contributed by atoms with Crippen LogP contribution in [-0.4, -0.2) is 24.2 Å². The summed E-state index contributed by atoms with van der Waals surface area (Å²) in [7, 11) is 0. The first-order valence-corrected chi connectivity index (χ1v) is 33.6. The molecule has 5 nitrogen and oxygen atoms in total. The molecule has 0 saturated heterocycles. The maximum atomic E-state index is 13.0. The fourth-order valence-corrected chi connectivity index (χ4v) is 13.9. The summed E-state index contributed by atoms with van der Waals surface area (Å²) in [6.45, 7) is 34.2. The second-order valence-electron chi connectivity index (χ2n) is 31.3. The predicted molar refractivity (Wildman–Crippen MR) is 403 cm³/mol. The number of imidazole rings is 1. The van der Waals surface area contributed by atoms with Crippen molar-refractivity contribution in [1.29, 1.82) is 0 Å². The molecule has 6 heteroatoms. The minimum Gasteiger partial charge on any atom is -0.507 e. The molecule has 0 amide bonds. The van der Waals surface area contributed by atoms with Gasteiger partial charge in [-0.3, -0.25) is 9.55 Å². The van der Waals surface area contributed by atoms with Gasteiger partial charge in [-0.15, -0.1) is 23.8 Å². The van der Waals surface area contributed by atoms with Gasteiger partial charge < -0.3 is 9.67 Å². The molecule has 14 aromatic rings. The molecule has 11 aromatic carbocycles. The summed E-state index contributed by atoms with van der Waals surface area (Å²) >= 11 is 0. The van der Waals surface area contributed by atoms with Gasteiger partial charge in [0, 0.05) is 60.7 Å². The average Bonchev–Trinajstić information content (AvgIpc) is 1.14. The van der Waals surface area contributed by atoms with Crippen molar-refractivity contribution >= 4 is 43.6 Å². The quantitative estimate of drug-likeness (QED) is 0.147. The number of fused-ring (bicyclic) bond motifs is 5. The summed E-state index contributed by atoms with van der Waals surface area (Å²) < 4.78 is 4.69. The van der Waals surface area contributed by atoms with Crippen molar-refractivity contribution in [2.75, 3.05) is 0 Å². The first-order chi connectivity index (χ1) is 45.2. The largest absolute Gasteiger partial charge is 0.507 e. The van der Waals surface area contributed by atoms with Crippen molar-refractivity contribution in [1.82, 2.24) is 19.1 Å². The van der Waals surface area contributed by atoms with Gasteiger partial charge >= 0.3 is 0 Å². The van der Waals surface area contributed by atoms with E-state index in [0.717, 1.165) is 106 Å². The number of phenols is 1. The summed E-state index contributed by atoms with van der Waals surface area (Å²) in [6, 6.07) is 88.0. The number of pyridine rings is 1. The van der Waals surface area contributed by atoms with Crippen LogP contribution in [0.3, 0.4) is 0 Å². The third kappa shape index (κ3) is 12.0. The molecule has 1 N–H and O–H groups in total. The van der Waals surface area contributed by atoms with Gasteiger partial charge in [-0.25, -0.2) is 4.98 Å². The number of nitrogens with zero attached hydrogens (tertiary/aromatic N) is 4. The van der Waals surface area contributed by atoms with E-state index < -0.39 is 0 Å². The predicted octanol–water partition coefficient (Wildman–Crippen LogP) is 24.3. The smallest absolute Gasteiger partial charge is 0.148 e. The number of aromatic nitrogens is 4. The van der Waals surface area contributed by atoms with Crippen LogP contribution >= 0.6 is 0 Å². The molecular weight excluding hydrogens is 1350 g/mol. The molecule has 0 aliphatic carbocycles. The van der Waals surface area contributed by atoms with E-state index in [4.69, 9.17) is 9.97 Å². The van der Waals surface area contributed by atoms with Crippen LogP contribution in [0.1, 0.15) is 132 Å². The van der Waals surface area contributed by atoms with E-state index in [1.54, 1.807) is 0 Å². The van der Waals surface area contributed by atoms with E-state index in [1.165, 1.54) is 44.0 Å². The molecule has 0 fully saturated rings. The fourth-order valence-electron chi connectivity index (χ4n) is 13.9. The molecule has 96 heavy (non-hydrogen) atoms. The standard InChI is InChI=1S/C90H85N4O.Pt/c1-86(2,3)63-39-42-70-57(49-63)37-43-77(90(13,14)15)82(70)59-36-40-75(81(95)51-59)85-92-83-71(31-25-35-80(83)94(85)68-53-65(88(7,8)9)52-66(54-68)89(10,11)12)60-46-61(76-55-64(87(4,5)6)38-41-69(76)56-26-18-16-19-27-56)48-62(47-60)78-50-58(44-45-91-78)72-32-24-33-74-73-30-22-23-34-79(73)93(84(72)74)67-28-20-17-21-29-67;/h16-46,48-55,95H,1-15H3;/q-1;. The Bertz CT molecular complexity index is 5290. The van der Waals surface area contributed by atoms with E-state index in [9.17, 15) is 5.11 Å². The van der Waals surface area contributed by atoms with Crippen LogP contribution in [0.2, 0.25) is 0 Å². The molecule has 3 aromatic heterocycles. The van der Waals surface area contributed by atoms with E-state index in [1.807, 2.05) is 12.3 Å². The van der Waals surface area contributed by atoms with Crippen LogP contribution in [0.4, 0.5) is 0 Å². The molecule has 482 valence electrons. The summed E-state index contributed by atoms with van der Waals surface area (Å²) in [6.07, 6.45) is 1.95. The van der Waals surface area contributed by atoms with Crippen molar-refractivity contribution in [3.63, 3.8) is 0 Å². The Labute approximate surface area is 581 Å². The molecule has 14 rings (SSSR count). The van der Waals surface area contributed by atoms with Crippen LogP contribution < -0.4 is 0 Å². The van der Waals surface area contributed by atoms with Crippen molar-refractivity contribution in [2.45, 2.75) is 131 Å². The summed E-state index contributed by atoms with van der Waals surface area (Å²) in [4.78, 5) is 11.1. The van der Waals surface area contributed by atoms with E-state index in [-0.39, 0.29) is 53.9 Å². The van der Waals surface area contributed by atoms with Crippen LogP contribution in [0, 0.1) is 6.07 Å². The first-order valence-electron chi connectivity index (χ1n) is 33.6. The van der Waals surface area contributed by atoms with Crippen molar-refractivity contribution < 1.29 is 26.2 Å². The molecule has 3 heterocycles. The van der Waals surface area contributed by atoms with Crippen molar-refractivity contribution in [2.24, 2.45) is 0 Å². The minimum atomic E-state index is -0.182. The first kappa shape index (κ1) is 65.3. The molecule has 0 spiro atoms. The SMILES string of the molecule is CC(C)(C)c1cc(-n2c(-c3ccc(-c4c(C(C)(C)C)ccc5cc(C(C)(C)C)ccc45)cc3O)nc3c(-c4[c-]c(-c5cc(-c6cccc7c8ccccc8n(-c8ccccc8)c67)ccn5)cc(-c5cc(C(C)(C)C)ccc5-c5ccccc5)c4)cccc32)cc(C(C)(C)C)c1.[Pt]. The van der Waals surface area contributed by atoms with Gasteiger partial charge in [0.05, 0.1) is 27.6 Å². The molecule has 0 radical (unpaired) electrons. The molecular formula is C90H85N4OPt-. The monoisotopic (exact) mass is 1430 g/mol. The van der Waals surface area contributed by atoms with Gasteiger partial charge in [-0.05, 0) is 154 Å². The third-order valence-electron chi connectivity index (χ3n) is 19.3. The van der Waals surface area contributed by atoms with Gasteiger partial charge in [-0.2, -0.15) is 0 Å². The van der Waals surface area contributed by atoms with Crippen LogP contribution in [0.5, 0.6) is 5.75 Å². The van der Waals surface area contributed by atoms with Crippen LogP contribution in [0.25, 0.3) is 133 Å². The zero-order chi connectivity index (χ0) is 66.7. The summed E-state index contributed by atoms with van der Waals surface area (Å²) in [5, 5.41) is 17.7. The number of hydrogen-bond donors (Lipinski definition) is 1. The number of aromatic hydroxyl groups is 1. The topological polar surface area (TPSA) is 55.9 Å². The zero-order valence-electron chi connectivity index (χ0n) is 58.1. The molecule has 0 unspecified atom stereocenters. The van der Waals surface area contributed by atoms with E-state index in [2.05, 4.69) is 344 Å². The Morgan fingerprint density at radius 1 is 0.365 bits per heavy atom. The molecule has 0 saturated carbocycles. The van der Waals surface area contributed by atoms with Crippen molar-refractivity contribution in [3.05, 3.63) is 271 Å². The Kier molecular flexibility index (Phi) is 16.6. The van der Waals surface area contributed by atoms with Gasteiger partial charge in [0.1, 0.15) is 11.6 Å². The minimum absolute atomic E-state index is 0. The molecule has 0 aliphatic heterocycles. The number of rotatable bonds is 9. The maximum Gasteiger partial charge on any atom is 0.148 e. The number of para-hydroxylation sites is 4. The fraction of sp³-hybridized carbons (Fsp3) is 0.222. The van der Waals surface area contributed by atoms with E-state index in [0.29, 0.717) is 11.4 Å². The van der Waals surface area contributed by atoms with Crippen LogP contribution in [0.15, 0.2) is 237 Å². The Morgan fingerprint density at radius 2 is 0.969 bits per heavy atom. The number of phenolic OH excluding ortho intramolecular Hbond substituents is 1. The Hall–Kier alpha value is -9.41. The van der Waals surface area contributed by atoms with Gasteiger partial charge in [0.25, 0.3) is 0 Å². The number of benzene rings is 11. The van der Waals surface area contributed by atoms with E-state index >= 15 is 0 Å². The molecule has 0 bridgehead atoms. The third-order valence-corrected chi connectivity index (χ3v) is 19.3. The normalized spacial score (nSPS) is 12.5. The Morgan fingerprint density at radius 3 is 1.66 bits per heavy atom. The average molecular weight is 1430 g/mol. The summed E-state index contributed by atoms with van der Waals surface area (Å²) in [5.74, 6) is 0.795. The zero-order valence-corrected chi connectivity index (χ0v) is 60.3. The second-order valence-corrected chi connectivity index (χ2v) is 31.3. The summed E-state index contributed by atoms with van der Waals surface area (Å²) in [5.41, 5.74) is 24.3. The van der Waals surface area contributed by atoms with Gasteiger partial charge in [0.2, 0.25) is 0 Å².